The summed E-state index contributed by atoms with van der Waals surface area (Å²) in [5.41, 5.74) is 6.65. The summed E-state index contributed by atoms with van der Waals surface area (Å²) in [6.07, 6.45) is 5.53. The molecule has 198 valence electrons. The topological polar surface area (TPSA) is 84.5 Å². The molecule has 0 radical (unpaired) electrons. The van der Waals surface area contributed by atoms with Crippen molar-refractivity contribution in [2.45, 2.75) is 51.7 Å². The van der Waals surface area contributed by atoms with Gasteiger partial charge in [-0.1, -0.05) is 6.92 Å². The average molecular weight is 515 g/mol. The third kappa shape index (κ3) is 6.78. The predicted molar refractivity (Wildman–Crippen MR) is 137 cm³/mol. The number of piperidine rings is 1. The summed E-state index contributed by atoms with van der Waals surface area (Å²) in [4.78, 5) is 10.8. The molecule has 1 fully saturated rings. The summed E-state index contributed by atoms with van der Waals surface area (Å²) in [6, 6.07) is 6.68. The number of aliphatic hydroxyl groups is 1. The van der Waals surface area contributed by atoms with E-state index >= 15 is 0 Å². The van der Waals surface area contributed by atoms with Crippen molar-refractivity contribution in [2.24, 2.45) is 11.7 Å². The minimum atomic E-state index is -1.18. The van der Waals surface area contributed by atoms with Gasteiger partial charge >= 0.3 is 0 Å². The molecule has 1 aliphatic rings. The van der Waals surface area contributed by atoms with Gasteiger partial charge in [-0.2, -0.15) is 0 Å². The van der Waals surface area contributed by atoms with Crippen LogP contribution in [0.1, 0.15) is 38.4 Å². The van der Waals surface area contributed by atoms with Crippen LogP contribution in [0.2, 0.25) is 0 Å². The van der Waals surface area contributed by atoms with Gasteiger partial charge in [0.2, 0.25) is 0 Å². The van der Waals surface area contributed by atoms with E-state index in [9.17, 15) is 18.3 Å². The normalized spacial score (nSPS) is 18.2. The van der Waals surface area contributed by atoms with Gasteiger partial charge in [-0.15, -0.1) is 0 Å². The molecule has 1 aliphatic heterocycles. The van der Waals surface area contributed by atoms with E-state index in [1.54, 1.807) is 12.4 Å². The first-order valence-corrected chi connectivity index (χ1v) is 12.4. The van der Waals surface area contributed by atoms with Crippen molar-refractivity contribution >= 4 is 5.69 Å². The summed E-state index contributed by atoms with van der Waals surface area (Å²) in [6.45, 7) is 6.70. The molecule has 6 nitrogen and oxygen atoms in total. The molecule has 0 saturated carbocycles. The minimum Gasteiger partial charge on any atom is -0.490 e. The molecule has 0 aliphatic carbocycles. The highest BCUT2D eigenvalue weighted by molar-refractivity contribution is 5.63. The first-order valence-electron chi connectivity index (χ1n) is 12.4. The Labute approximate surface area is 215 Å². The first-order chi connectivity index (χ1) is 17.5. The number of hydrogen-bond donors (Lipinski definition) is 2. The molecule has 1 saturated heterocycles. The van der Waals surface area contributed by atoms with Crippen LogP contribution in [-0.2, 0) is 12.8 Å². The Morgan fingerprint density at radius 1 is 1.08 bits per heavy atom. The molecule has 3 heterocycles. The van der Waals surface area contributed by atoms with E-state index in [-0.39, 0.29) is 18.4 Å². The molecule has 2 aromatic heterocycles. The average Bonchev–Trinajstić information content (AvgIpc) is 2.82. The lowest BCUT2D eigenvalue weighted by Crippen LogP contribution is -2.46. The van der Waals surface area contributed by atoms with Gasteiger partial charge in [-0.05, 0) is 62.8 Å². The van der Waals surface area contributed by atoms with Crippen LogP contribution in [0.25, 0.3) is 11.3 Å². The van der Waals surface area contributed by atoms with Crippen LogP contribution in [0.3, 0.4) is 0 Å². The maximum Gasteiger partial charge on any atom is 0.149 e. The Kier molecular flexibility index (Phi) is 8.04. The third-order valence-electron chi connectivity index (χ3n) is 6.31. The smallest absolute Gasteiger partial charge is 0.149 e. The Bertz CT molecular complexity index is 1220. The fourth-order valence-corrected chi connectivity index (χ4v) is 4.70. The Balaban J connectivity index is 1.55. The van der Waals surface area contributed by atoms with Gasteiger partial charge in [0.1, 0.15) is 35.5 Å². The molecule has 4 rings (SSSR count). The molecule has 2 atom stereocenters. The van der Waals surface area contributed by atoms with Crippen molar-refractivity contribution in [3.8, 4) is 17.0 Å². The van der Waals surface area contributed by atoms with Crippen LogP contribution in [0.15, 0.2) is 42.7 Å². The fraction of sp³-hybridized carbons (Fsp3) is 0.429. The molecule has 37 heavy (non-hydrogen) atoms. The largest absolute Gasteiger partial charge is 0.490 e. The van der Waals surface area contributed by atoms with E-state index in [0.29, 0.717) is 24.5 Å². The van der Waals surface area contributed by atoms with Crippen molar-refractivity contribution < 1.29 is 23.0 Å². The zero-order chi connectivity index (χ0) is 26.7. The van der Waals surface area contributed by atoms with E-state index < -0.39 is 34.3 Å². The standard InChI is InChI=1S/C28H33F3N4O2/c1-17-10-19(32)15-35(14-17)25-8-9-33-13-18(25)4-5-20-6-7-22(29)27(34-20)26-23(30)11-21(12-24(26)31)37-16-28(2,3)36/h6-9,11-13,17,19,36H,4-5,10,14-16,32H2,1-3H3/t17-,19+/m1/s1. The van der Waals surface area contributed by atoms with Gasteiger partial charge < -0.3 is 20.5 Å². The number of hydrogen-bond acceptors (Lipinski definition) is 6. The lowest BCUT2D eigenvalue weighted by atomic mass is 9.95. The quantitative estimate of drug-likeness (QED) is 0.455. The Morgan fingerprint density at radius 3 is 2.49 bits per heavy atom. The van der Waals surface area contributed by atoms with E-state index in [1.807, 2.05) is 6.07 Å². The number of ether oxygens (including phenoxy) is 1. The molecule has 0 spiro atoms. The van der Waals surface area contributed by atoms with E-state index in [0.717, 1.165) is 42.9 Å². The second kappa shape index (κ2) is 11.1. The second-order valence-corrected chi connectivity index (χ2v) is 10.5. The lowest BCUT2D eigenvalue weighted by Gasteiger charge is -2.37. The van der Waals surface area contributed by atoms with Gasteiger partial charge in [-0.3, -0.25) is 4.98 Å². The molecule has 3 aromatic rings. The molecule has 1 aromatic carbocycles. The SMILES string of the molecule is C[C@@H]1C[C@H](N)CN(c2ccncc2CCc2ccc(F)c(-c3c(F)cc(OCC(C)(C)O)cc3F)n2)C1. The Hall–Kier alpha value is -3.17. The maximum atomic E-state index is 14.9. The number of benzene rings is 1. The number of nitrogens with zero attached hydrogens (tertiary/aromatic N) is 3. The number of halogens is 3. The minimum absolute atomic E-state index is 0.0998. The third-order valence-corrected chi connectivity index (χ3v) is 6.31. The lowest BCUT2D eigenvalue weighted by molar-refractivity contribution is 0.0282. The first kappa shape index (κ1) is 26.9. The van der Waals surface area contributed by atoms with Crippen molar-refractivity contribution in [2.75, 3.05) is 24.6 Å². The predicted octanol–water partition coefficient (Wildman–Crippen LogP) is 4.67. The molecular formula is C28H33F3N4O2. The van der Waals surface area contributed by atoms with Crippen molar-refractivity contribution in [3.63, 3.8) is 0 Å². The van der Waals surface area contributed by atoms with Crippen LogP contribution in [0, 0.1) is 23.4 Å². The summed E-state index contributed by atoms with van der Waals surface area (Å²) in [5.74, 6) is -2.46. The van der Waals surface area contributed by atoms with E-state index in [1.165, 1.54) is 26.0 Å². The zero-order valence-corrected chi connectivity index (χ0v) is 21.3. The van der Waals surface area contributed by atoms with Gasteiger partial charge in [0.25, 0.3) is 0 Å². The summed E-state index contributed by atoms with van der Waals surface area (Å²) in [7, 11) is 0. The molecule has 0 amide bonds. The molecule has 3 N–H and O–H groups in total. The number of rotatable bonds is 8. The summed E-state index contributed by atoms with van der Waals surface area (Å²) >= 11 is 0. The van der Waals surface area contributed by atoms with Crippen molar-refractivity contribution in [1.82, 2.24) is 9.97 Å². The second-order valence-electron chi connectivity index (χ2n) is 10.5. The van der Waals surface area contributed by atoms with Crippen LogP contribution in [0.5, 0.6) is 5.75 Å². The van der Waals surface area contributed by atoms with E-state index in [4.69, 9.17) is 10.5 Å². The number of anilines is 1. The van der Waals surface area contributed by atoms with Crippen molar-refractivity contribution in [1.29, 1.82) is 0 Å². The maximum absolute atomic E-state index is 14.9. The van der Waals surface area contributed by atoms with Crippen LogP contribution >= 0.6 is 0 Å². The van der Waals surface area contributed by atoms with Crippen LogP contribution in [0.4, 0.5) is 18.9 Å². The number of aryl methyl sites for hydroxylation is 2. The van der Waals surface area contributed by atoms with E-state index in [2.05, 4.69) is 21.8 Å². The van der Waals surface area contributed by atoms with Crippen LogP contribution < -0.4 is 15.4 Å². The van der Waals surface area contributed by atoms with Crippen molar-refractivity contribution in [3.05, 3.63) is 71.4 Å². The van der Waals surface area contributed by atoms with Gasteiger partial charge in [0, 0.05) is 55.0 Å². The number of aromatic nitrogens is 2. The molecule has 0 bridgehead atoms. The molecular weight excluding hydrogens is 481 g/mol. The summed E-state index contributed by atoms with van der Waals surface area (Å²) in [5, 5.41) is 9.78. The highest BCUT2D eigenvalue weighted by Crippen LogP contribution is 2.31. The Morgan fingerprint density at radius 2 is 1.81 bits per heavy atom. The molecule has 0 unspecified atom stereocenters. The number of nitrogens with two attached hydrogens (primary N) is 1. The fourth-order valence-electron chi connectivity index (χ4n) is 4.70. The molecule has 9 heteroatoms. The zero-order valence-electron chi connectivity index (χ0n) is 21.3. The highest BCUT2D eigenvalue weighted by atomic mass is 19.1. The summed E-state index contributed by atoms with van der Waals surface area (Å²) < 4.78 is 49.7. The highest BCUT2D eigenvalue weighted by Gasteiger charge is 2.24. The van der Waals surface area contributed by atoms with Gasteiger partial charge in [0.15, 0.2) is 0 Å². The monoisotopic (exact) mass is 514 g/mol. The van der Waals surface area contributed by atoms with Crippen LogP contribution in [-0.4, -0.2) is 46.4 Å². The number of pyridine rings is 2. The van der Waals surface area contributed by atoms with Gasteiger partial charge in [0.05, 0.1) is 11.2 Å². The van der Waals surface area contributed by atoms with Gasteiger partial charge in [-0.25, -0.2) is 18.2 Å².